The Hall–Kier alpha value is -1.84. The Balaban J connectivity index is 4.01. The molecule has 4 nitrogen and oxygen atoms in total. The van der Waals surface area contributed by atoms with Crippen molar-refractivity contribution in [3.05, 3.63) is 34.4 Å². The van der Waals surface area contributed by atoms with E-state index in [1.54, 1.807) is 12.1 Å². The number of hydrogen-bond donors (Lipinski definition) is 2. The summed E-state index contributed by atoms with van der Waals surface area (Å²) >= 11 is 0. The highest BCUT2D eigenvalue weighted by molar-refractivity contribution is 5.98. The third-order valence-corrected chi connectivity index (χ3v) is 6.02. The molecule has 0 aliphatic carbocycles. The molecule has 0 saturated heterocycles. The molecular formula is C20H30O4. The average Bonchev–Trinajstić information content (AvgIpc) is 2.58. The minimum Gasteiger partial charge on any atom is -0.478 e. The van der Waals surface area contributed by atoms with Crippen LogP contribution in [-0.4, -0.2) is 22.2 Å². The lowest BCUT2D eigenvalue weighted by atomic mass is 9.68. The molecule has 1 rings (SSSR count). The van der Waals surface area contributed by atoms with Gasteiger partial charge in [-0.3, -0.25) is 0 Å². The Morgan fingerprint density at radius 3 is 1.62 bits per heavy atom. The number of carboxylic acids is 2. The zero-order chi connectivity index (χ0) is 18.7. The summed E-state index contributed by atoms with van der Waals surface area (Å²) in [5.74, 6) is -2.11. The van der Waals surface area contributed by atoms with E-state index in [4.69, 9.17) is 0 Å². The number of carbonyl (C=O) groups is 2. The molecule has 0 aliphatic rings. The van der Waals surface area contributed by atoms with Crippen LogP contribution in [0.2, 0.25) is 0 Å². The second-order valence-corrected chi connectivity index (χ2v) is 7.06. The Kier molecular flexibility index (Phi) is 6.20. The van der Waals surface area contributed by atoms with E-state index >= 15 is 0 Å². The molecule has 0 heterocycles. The molecule has 1 aromatic rings. The van der Waals surface area contributed by atoms with Crippen LogP contribution in [0.1, 0.15) is 99.1 Å². The first-order chi connectivity index (χ1) is 11.1. The predicted octanol–water partition coefficient (Wildman–Crippen LogP) is 5.24. The third-order valence-electron chi connectivity index (χ3n) is 6.02. The molecule has 24 heavy (non-hydrogen) atoms. The summed E-state index contributed by atoms with van der Waals surface area (Å²) in [4.78, 5) is 24.0. The topological polar surface area (TPSA) is 74.6 Å². The predicted molar refractivity (Wildman–Crippen MR) is 96.2 cm³/mol. The maximum Gasteiger partial charge on any atom is 0.336 e. The van der Waals surface area contributed by atoms with Gasteiger partial charge in [-0.1, -0.05) is 47.6 Å². The zero-order valence-electron chi connectivity index (χ0n) is 15.7. The normalized spacial score (nSPS) is 12.2. The Bertz CT molecular complexity index is 623. The van der Waals surface area contributed by atoms with Crippen LogP contribution < -0.4 is 0 Å². The average molecular weight is 334 g/mol. The van der Waals surface area contributed by atoms with Crippen LogP contribution in [0.3, 0.4) is 0 Å². The fourth-order valence-electron chi connectivity index (χ4n) is 3.37. The molecule has 0 amide bonds. The monoisotopic (exact) mass is 334 g/mol. The van der Waals surface area contributed by atoms with E-state index < -0.39 is 17.4 Å². The van der Waals surface area contributed by atoms with Gasteiger partial charge in [0.05, 0.1) is 11.1 Å². The lowest BCUT2D eigenvalue weighted by molar-refractivity contribution is 0.0688. The Morgan fingerprint density at radius 1 is 0.833 bits per heavy atom. The second-order valence-electron chi connectivity index (χ2n) is 7.06. The summed E-state index contributed by atoms with van der Waals surface area (Å²) in [5, 5.41) is 19.6. The van der Waals surface area contributed by atoms with Gasteiger partial charge in [0, 0.05) is 0 Å². The zero-order valence-corrected chi connectivity index (χ0v) is 15.7. The van der Waals surface area contributed by atoms with Crippen molar-refractivity contribution >= 4 is 11.9 Å². The first kappa shape index (κ1) is 20.2. The second kappa shape index (κ2) is 7.37. The van der Waals surface area contributed by atoms with Crippen LogP contribution in [0, 0.1) is 0 Å². The van der Waals surface area contributed by atoms with Crippen LogP contribution in [-0.2, 0) is 10.8 Å². The lowest BCUT2D eigenvalue weighted by Crippen LogP contribution is -2.31. The number of hydrogen-bond acceptors (Lipinski definition) is 2. The molecule has 0 unspecified atom stereocenters. The Labute approximate surface area is 144 Å². The van der Waals surface area contributed by atoms with E-state index in [1.807, 2.05) is 41.5 Å². The standard InChI is InChI=1S/C20H30O4/c1-7-19(5,8-2)14-12-11-13(17(21)22)16(15(14)18(23)24)20(6,9-3)10-4/h11-12H,7-10H2,1-6H3,(H,21,22)(H,23,24). The maximum atomic E-state index is 12.2. The molecule has 134 valence electrons. The van der Waals surface area contributed by atoms with Gasteiger partial charge in [0.1, 0.15) is 0 Å². The van der Waals surface area contributed by atoms with Gasteiger partial charge in [-0.15, -0.1) is 0 Å². The van der Waals surface area contributed by atoms with Gasteiger partial charge in [-0.05, 0) is 53.7 Å². The van der Waals surface area contributed by atoms with E-state index in [2.05, 4.69) is 0 Å². The molecule has 0 bridgehead atoms. The third kappa shape index (κ3) is 3.33. The summed E-state index contributed by atoms with van der Waals surface area (Å²) in [6, 6.07) is 3.29. The molecule has 1 aromatic carbocycles. The van der Waals surface area contributed by atoms with Gasteiger partial charge in [-0.2, -0.15) is 0 Å². The van der Waals surface area contributed by atoms with Crippen LogP contribution in [0.5, 0.6) is 0 Å². The van der Waals surface area contributed by atoms with Crippen molar-refractivity contribution in [2.45, 2.75) is 78.1 Å². The molecule has 4 heteroatoms. The molecule has 2 N–H and O–H groups in total. The molecule has 0 fully saturated rings. The number of carboxylic acid groups (broad SMARTS) is 2. The van der Waals surface area contributed by atoms with Gasteiger partial charge in [0.25, 0.3) is 0 Å². The molecule has 0 aromatic heterocycles. The molecule has 0 atom stereocenters. The van der Waals surface area contributed by atoms with E-state index in [9.17, 15) is 19.8 Å². The van der Waals surface area contributed by atoms with Crippen molar-refractivity contribution in [1.82, 2.24) is 0 Å². The summed E-state index contributed by atoms with van der Waals surface area (Å²) in [6.45, 7) is 12.0. The van der Waals surface area contributed by atoms with E-state index in [-0.39, 0.29) is 16.5 Å². The highest BCUT2D eigenvalue weighted by Gasteiger charge is 2.37. The van der Waals surface area contributed by atoms with Gasteiger partial charge >= 0.3 is 11.9 Å². The summed E-state index contributed by atoms with van der Waals surface area (Å²) in [5.41, 5.74) is 0.734. The summed E-state index contributed by atoms with van der Waals surface area (Å²) in [6.07, 6.45) is 2.96. The number of aromatic carboxylic acids is 2. The van der Waals surface area contributed by atoms with E-state index in [0.29, 0.717) is 18.4 Å². The highest BCUT2D eigenvalue weighted by atomic mass is 16.4. The Morgan fingerprint density at radius 2 is 1.29 bits per heavy atom. The van der Waals surface area contributed by atoms with Crippen LogP contribution >= 0.6 is 0 Å². The fourth-order valence-corrected chi connectivity index (χ4v) is 3.37. The number of benzene rings is 1. The quantitative estimate of drug-likeness (QED) is 0.682. The molecule has 0 radical (unpaired) electrons. The smallest absolute Gasteiger partial charge is 0.336 e. The van der Waals surface area contributed by atoms with Crippen molar-refractivity contribution in [2.75, 3.05) is 0 Å². The van der Waals surface area contributed by atoms with Gasteiger partial charge in [0.2, 0.25) is 0 Å². The minimum atomic E-state index is -1.07. The van der Waals surface area contributed by atoms with Crippen LogP contribution in [0.25, 0.3) is 0 Å². The molecule has 0 aliphatic heterocycles. The first-order valence-electron chi connectivity index (χ1n) is 8.76. The summed E-state index contributed by atoms with van der Waals surface area (Å²) < 4.78 is 0. The van der Waals surface area contributed by atoms with Gasteiger partial charge < -0.3 is 10.2 Å². The number of rotatable bonds is 8. The first-order valence-corrected chi connectivity index (χ1v) is 8.76. The molecule has 0 saturated carbocycles. The SMILES string of the molecule is CCC(C)(CC)c1ccc(C(=O)O)c(C(C)(CC)CC)c1C(=O)O. The van der Waals surface area contributed by atoms with Crippen molar-refractivity contribution in [1.29, 1.82) is 0 Å². The van der Waals surface area contributed by atoms with E-state index in [1.165, 1.54) is 0 Å². The largest absolute Gasteiger partial charge is 0.478 e. The maximum absolute atomic E-state index is 12.2. The highest BCUT2D eigenvalue weighted by Crippen LogP contribution is 2.42. The minimum absolute atomic E-state index is 0.108. The fraction of sp³-hybridized carbons (Fsp3) is 0.600. The van der Waals surface area contributed by atoms with Crippen molar-refractivity contribution in [2.24, 2.45) is 0 Å². The van der Waals surface area contributed by atoms with Crippen LogP contribution in [0.4, 0.5) is 0 Å². The molecule has 0 spiro atoms. The van der Waals surface area contributed by atoms with Crippen molar-refractivity contribution < 1.29 is 19.8 Å². The van der Waals surface area contributed by atoms with Crippen LogP contribution in [0.15, 0.2) is 12.1 Å². The lowest BCUT2D eigenvalue weighted by Gasteiger charge is -2.35. The van der Waals surface area contributed by atoms with Crippen molar-refractivity contribution in [3.8, 4) is 0 Å². The van der Waals surface area contributed by atoms with E-state index in [0.717, 1.165) is 18.4 Å². The van der Waals surface area contributed by atoms with Crippen molar-refractivity contribution in [3.63, 3.8) is 0 Å². The van der Waals surface area contributed by atoms with Gasteiger partial charge in [-0.25, -0.2) is 9.59 Å². The van der Waals surface area contributed by atoms with Gasteiger partial charge in [0.15, 0.2) is 0 Å². The molecular weight excluding hydrogens is 304 g/mol. The summed E-state index contributed by atoms with van der Waals surface area (Å²) in [7, 11) is 0.